The molecular formula is C9H13F2N3O5. The molecule has 2 heterocycles. The minimum Gasteiger partial charge on any atom is -0.412 e. The van der Waals surface area contributed by atoms with Crippen molar-refractivity contribution >= 4 is 5.82 Å². The number of nitrogen functional groups attached to an aromatic ring is 1. The number of ether oxygens (including phenoxy) is 1. The van der Waals surface area contributed by atoms with Crippen molar-refractivity contribution in [3.8, 4) is 0 Å². The van der Waals surface area contributed by atoms with Crippen LogP contribution in [-0.2, 0) is 4.74 Å². The molecule has 10 heteroatoms. The van der Waals surface area contributed by atoms with Crippen LogP contribution < -0.4 is 11.4 Å². The maximum absolute atomic E-state index is 13.7. The fourth-order valence-electron chi connectivity index (χ4n) is 1.72. The molecule has 6 N–H and O–H groups in total. The van der Waals surface area contributed by atoms with Crippen LogP contribution in [0.3, 0.4) is 0 Å². The number of nitrogens with two attached hydrogens (primary N) is 1. The molecule has 0 radical (unpaired) electrons. The van der Waals surface area contributed by atoms with Crippen molar-refractivity contribution in [3.63, 3.8) is 0 Å². The third-order valence-electron chi connectivity index (χ3n) is 2.66. The van der Waals surface area contributed by atoms with Crippen LogP contribution in [0, 0.1) is 0 Å². The second-order valence-electron chi connectivity index (χ2n) is 3.87. The first kappa shape index (κ1) is 15.4. The van der Waals surface area contributed by atoms with Crippen molar-refractivity contribution < 1.29 is 29.2 Å². The number of hydrogen-bond donors (Lipinski definition) is 3. The molecule has 108 valence electrons. The third kappa shape index (κ3) is 2.42. The van der Waals surface area contributed by atoms with Crippen LogP contribution in [-0.4, -0.2) is 50.0 Å². The quantitative estimate of drug-likeness (QED) is 0.566. The highest BCUT2D eigenvalue weighted by atomic mass is 19.3. The first-order valence-corrected chi connectivity index (χ1v) is 5.04. The van der Waals surface area contributed by atoms with Crippen LogP contribution in [0.25, 0.3) is 0 Å². The van der Waals surface area contributed by atoms with E-state index in [1.54, 1.807) is 0 Å². The van der Waals surface area contributed by atoms with Gasteiger partial charge in [-0.1, -0.05) is 0 Å². The molecule has 1 fully saturated rings. The van der Waals surface area contributed by atoms with Gasteiger partial charge in [0.25, 0.3) is 0 Å². The average molecular weight is 281 g/mol. The fraction of sp³-hybridized carbons (Fsp3) is 0.556. The lowest BCUT2D eigenvalue weighted by atomic mass is 10.1. The number of anilines is 1. The Hall–Kier alpha value is -1.62. The Morgan fingerprint density at radius 3 is 2.68 bits per heavy atom. The van der Waals surface area contributed by atoms with Gasteiger partial charge in [0.15, 0.2) is 6.10 Å². The molecule has 1 saturated heterocycles. The van der Waals surface area contributed by atoms with E-state index in [0.717, 1.165) is 12.3 Å². The Balaban J connectivity index is 0.00000180. The highest BCUT2D eigenvalue weighted by Gasteiger charge is 2.59. The number of aromatic nitrogens is 2. The van der Waals surface area contributed by atoms with Crippen molar-refractivity contribution in [1.29, 1.82) is 0 Å². The summed E-state index contributed by atoms with van der Waals surface area (Å²) < 4.78 is 32.7. The largest absolute Gasteiger partial charge is 0.412 e. The summed E-state index contributed by atoms with van der Waals surface area (Å²) in [4.78, 5) is 14.7. The van der Waals surface area contributed by atoms with Crippen molar-refractivity contribution in [3.05, 3.63) is 22.7 Å². The van der Waals surface area contributed by atoms with Gasteiger partial charge >= 0.3 is 11.6 Å². The summed E-state index contributed by atoms with van der Waals surface area (Å²) in [6.45, 7) is -0.787. The monoisotopic (exact) mass is 281 g/mol. The Bertz CT molecular complexity index is 509. The van der Waals surface area contributed by atoms with E-state index >= 15 is 0 Å². The molecule has 0 spiro atoms. The van der Waals surface area contributed by atoms with Crippen LogP contribution in [0.4, 0.5) is 14.6 Å². The maximum Gasteiger partial charge on any atom is 0.351 e. The number of alkyl halides is 2. The molecule has 3 atom stereocenters. The summed E-state index contributed by atoms with van der Waals surface area (Å²) in [5.41, 5.74) is 4.21. The molecule has 2 rings (SSSR count). The minimum atomic E-state index is -3.71. The summed E-state index contributed by atoms with van der Waals surface area (Å²) in [5, 5.41) is 18.1. The molecule has 0 aromatic carbocycles. The number of halogens is 2. The van der Waals surface area contributed by atoms with Crippen molar-refractivity contribution in [1.82, 2.24) is 9.55 Å². The lowest BCUT2D eigenvalue weighted by molar-refractivity contribution is -0.140. The van der Waals surface area contributed by atoms with Crippen LogP contribution in [0.2, 0.25) is 0 Å². The molecule has 0 amide bonds. The van der Waals surface area contributed by atoms with E-state index in [0.29, 0.717) is 4.57 Å². The molecule has 19 heavy (non-hydrogen) atoms. The van der Waals surface area contributed by atoms with Crippen molar-refractivity contribution in [2.24, 2.45) is 0 Å². The Kier molecular flexibility index (Phi) is 4.20. The minimum absolute atomic E-state index is 0. The first-order valence-electron chi connectivity index (χ1n) is 5.04. The summed E-state index contributed by atoms with van der Waals surface area (Å²) in [5.74, 6) is -3.83. The molecule has 1 aromatic heterocycles. The summed E-state index contributed by atoms with van der Waals surface area (Å²) >= 11 is 0. The highest BCUT2D eigenvalue weighted by Crippen LogP contribution is 2.41. The molecule has 1 aromatic rings. The molecule has 1 unspecified atom stereocenters. The number of aliphatic hydroxyl groups is 2. The SMILES string of the molecule is Nc1ccn([C@@H]2O[C@H](CO)C(O)C2(F)F)c(=O)n1.O. The van der Waals surface area contributed by atoms with E-state index in [-0.39, 0.29) is 11.3 Å². The van der Waals surface area contributed by atoms with E-state index in [1.807, 2.05) is 0 Å². The van der Waals surface area contributed by atoms with Gasteiger partial charge in [-0.3, -0.25) is 4.57 Å². The second kappa shape index (κ2) is 5.17. The number of rotatable bonds is 2. The van der Waals surface area contributed by atoms with E-state index in [1.165, 1.54) is 0 Å². The molecular weight excluding hydrogens is 268 g/mol. The van der Waals surface area contributed by atoms with E-state index in [2.05, 4.69) is 4.98 Å². The zero-order valence-electron chi connectivity index (χ0n) is 9.53. The van der Waals surface area contributed by atoms with Gasteiger partial charge in [0, 0.05) is 6.20 Å². The fourth-order valence-corrected chi connectivity index (χ4v) is 1.72. The Labute approximate surface area is 105 Å². The number of aliphatic hydroxyl groups excluding tert-OH is 2. The Morgan fingerprint density at radius 1 is 1.58 bits per heavy atom. The van der Waals surface area contributed by atoms with Crippen molar-refractivity contribution in [2.75, 3.05) is 12.3 Å². The van der Waals surface area contributed by atoms with Crippen LogP contribution in [0.5, 0.6) is 0 Å². The van der Waals surface area contributed by atoms with Gasteiger partial charge < -0.3 is 26.2 Å². The lowest BCUT2D eigenvalue weighted by Crippen LogP contribution is -2.41. The maximum atomic E-state index is 13.7. The van der Waals surface area contributed by atoms with E-state index in [4.69, 9.17) is 15.6 Å². The second-order valence-corrected chi connectivity index (χ2v) is 3.87. The van der Waals surface area contributed by atoms with Gasteiger partial charge in [-0.25, -0.2) is 4.79 Å². The van der Waals surface area contributed by atoms with Gasteiger partial charge in [-0.2, -0.15) is 13.8 Å². The van der Waals surface area contributed by atoms with E-state index in [9.17, 15) is 18.7 Å². The summed E-state index contributed by atoms with van der Waals surface area (Å²) in [6, 6.07) is 1.15. The predicted molar refractivity (Wildman–Crippen MR) is 58.5 cm³/mol. The van der Waals surface area contributed by atoms with Gasteiger partial charge in [-0.15, -0.1) is 0 Å². The molecule has 8 nitrogen and oxygen atoms in total. The van der Waals surface area contributed by atoms with Crippen molar-refractivity contribution in [2.45, 2.75) is 24.4 Å². The van der Waals surface area contributed by atoms with Gasteiger partial charge in [0.1, 0.15) is 11.9 Å². The number of nitrogens with zero attached hydrogens (tertiary/aromatic N) is 2. The van der Waals surface area contributed by atoms with Gasteiger partial charge in [0.2, 0.25) is 6.23 Å². The molecule has 0 aliphatic carbocycles. The molecule has 0 saturated carbocycles. The highest BCUT2D eigenvalue weighted by molar-refractivity contribution is 5.23. The molecule has 0 bridgehead atoms. The normalized spacial score (nSPS) is 28.9. The smallest absolute Gasteiger partial charge is 0.351 e. The number of hydrogen-bond acceptors (Lipinski definition) is 6. The third-order valence-corrected chi connectivity index (χ3v) is 2.66. The van der Waals surface area contributed by atoms with E-state index < -0.39 is 36.7 Å². The van der Waals surface area contributed by atoms with Crippen LogP contribution >= 0.6 is 0 Å². The zero-order valence-corrected chi connectivity index (χ0v) is 9.53. The first-order chi connectivity index (χ1) is 8.37. The topological polar surface area (TPSA) is 142 Å². The summed E-state index contributed by atoms with van der Waals surface area (Å²) in [7, 11) is 0. The Morgan fingerprint density at radius 2 is 2.21 bits per heavy atom. The van der Waals surface area contributed by atoms with Crippen LogP contribution in [0.1, 0.15) is 6.23 Å². The van der Waals surface area contributed by atoms with Crippen LogP contribution in [0.15, 0.2) is 17.1 Å². The molecule has 1 aliphatic heterocycles. The van der Waals surface area contributed by atoms with Gasteiger partial charge in [0.05, 0.1) is 6.61 Å². The summed E-state index contributed by atoms with van der Waals surface area (Å²) in [6.07, 6.45) is -4.69. The zero-order chi connectivity index (χ0) is 13.5. The van der Waals surface area contributed by atoms with Gasteiger partial charge in [-0.05, 0) is 6.07 Å². The average Bonchev–Trinajstić information content (AvgIpc) is 2.52. The lowest BCUT2D eigenvalue weighted by Gasteiger charge is -2.20. The predicted octanol–water partition coefficient (Wildman–Crippen LogP) is -2.11. The molecule has 1 aliphatic rings. The standard InChI is InChI=1S/C9H11F2N3O4.H2O/c10-9(11)6(16)4(3-15)18-7(9)14-2-1-5(12)13-8(14)17;/h1-2,4,6-7,15-16H,3H2,(H2,12,13,17);1H2/t4-,6?,7-;/m1./s1.